The first-order valence-electron chi connectivity index (χ1n) is 8.10. The van der Waals surface area contributed by atoms with Crippen molar-refractivity contribution in [1.82, 2.24) is 4.90 Å². The molecule has 0 saturated carbocycles. The normalized spacial score (nSPS) is 27.8. The molecule has 122 valence electrons. The standard InChI is InChI=1S/C18H21FN2OS/c19-15-2-1-3-16(8-15)20-17-9-18(22-11-17)5-6-21(13-18)10-14-4-7-23-12-14/h1-4,7-8,12,17,20H,5-6,9-11,13H2. The molecule has 2 aromatic rings. The van der Waals surface area contributed by atoms with Gasteiger partial charge in [-0.1, -0.05) is 6.07 Å². The van der Waals surface area contributed by atoms with E-state index in [-0.39, 0.29) is 17.5 Å². The number of hydrogen-bond acceptors (Lipinski definition) is 4. The maximum atomic E-state index is 13.3. The van der Waals surface area contributed by atoms with Gasteiger partial charge in [0.1, 0.15) is 5.82 Å². The molecule has 3 heterocycles. The highest BCUT2D eigenvalue weighted by atomic mass is 32.1. The van der Waals surface area contributed by atoms with Crippen LogP contribution in [-0.4, -0.2) is 36.2 Å². The number of thiophene rings is 1. The topological polar surface area (TPSA) is 24.5 Å². The van der Waals surface area contributed by atoms with E-state index in [1.54, 1.807) is 23.5 Å². The Balaban J connectivity index is 1.34. The number of hydrogen-bond donors (Lipinski definition) is 1. The molecular formula is C18H21FN2OS. The van der Waals surface area contributed by atoms with Crippen LogP contribution in [0, 0.1) is 5.82 Å². The van der Waals surface area contributed by atoms with Crippen LogP contribution in [0.25, 0.3) is 0 Å². The smallest absolute Gasteiger partial charge is 0.125 e. The lowest BCUT2D eigenvalue weighted by Gasteiger charge is -2.23. The Bertz CT molecular complexity index is 663. The summed E-state index contributed by atoms with van der Waals surface area (Å²) in [7, 11) is 0. The van der Waals surface area contributed by atoms with Crippen LogP contribution in [0.15, 0.2) is 41.1 Å². The summed E-state index contributed by atoms with van der Waals surface area (Å²) < 4.78 is 19.5. The number of nitrogens with one attached hydrogen (secondary N) is 1. The van der Waals surface area contributed by atoms with E-state index in [1.807, 2.05) is 6.07 Å². The van der Waals surface area contributed by atoms with Gasteiger partial charge in [-0.05, 0) is 47.0 Å². The maximum Gasteiger partial charge on any atom is 0.125 e. The number of halogens is 1. The fourth-order valence-corrected chi connectivity index (χ4v) is 4.40. The molecule has 3 nitrogen and oxygen atoms in total. The van der Waals surface area contributed by atoms with Crippen LogP contribution in [0.1, 0.15) is 18.4 Å². The van der Waals surface area contributed by atoms with E-state index in [2.05, 4.69) is 27.0 Å². The van der Waals surface area contributed by atoms with E-state index >= 15 is 0 Å². The second-order valence-corrected chi connectivity index (χ2v) is 7.42. The van der Waals surface area contributed by atoms with E-state index in [0.29, 0.717) is 6.61 Å². The largest absolute Gasteiger partial charge is 0.380 e. The molecule has 2 aliphatic heterocycles. The second-order valence-electron chi connectivity index (χ2n) is 6.64. The molecule has 23 heavy (non-hydrogen) atoms. The van der Waals surface area contributed by atoms with Gasteiger partial charge in [-0.25, -0.2) is 4.39 Å². The third-order valence-electron chi connectivity index (χ3n) is 4.79. The Morgan fingerprint density at radius 3 is 3.17 bits per heavy atom. The first-order chi connectivity index (χ1) is 11.2. The van der Waals surface area contributed by atoms with Crippen LogP contribution in [0.4, 0.5) is 10.1 Å². The predicted octanol–water partition coefficient (Wildman–Crippen LogP) is 3.73. The fourth-order valence-electron chi connectivity index (χ4n) is 3.74. The average Bonchev–Trinajstić information content (AvgIpc) is 3.24. The van der Waals surface area contributed by atoms with Gasteiger partial charge in [0.25, 0.3) is 0 Å². The monoisotopic (exact) mass is 332 g/mol. The highest BCUT2D eigenvalue weighted by Crippen LogP contribution is 2.36. The van der Waals surface area contributed by atoms with Crippen molar-refractivity contribution < 1.29 is 9.13 Å². The van der Waals surface area contributed by atoms with E-state index in [1.165, 1.54) is 11.6 Å². The van der Waals surface area contributed by atoms with Gasteiger partial charge in [0.2, 0.25) is 0 Å². The van der Waals surface area contributed by atoms with Gasteiger partial charge >= 0.3 is 0 Å². The molecule has 2 fully saturated rings. The minimum atomic E-state index is -0.202. The van der Waals surface area contributed by atoms with Crippen molar-refractivity contribution in [3.05, 3.63) is 52.5 Å². The average molecular weight is 332 g/mol. The number of likely N-dealkylation sites (tertiary alicyclic amines) is 1. The van der Waals surface area contributed by atoms with Crippen LogP contribution in [0.2, 0.25) is 0 Å². The fraction of sp³-hybridized carbons (Fsp3) is 0.444. The lowest BCUT2D eigenvalue weighted by Crippen LogP contribution is -2.33. The lowest BCUT2D eigenvalue weighted by molar-refractivity contribution is 0.0120. The Morgan fingerprint density at radius 1 is 1.39 bits per heavy atom. The minimum Gasteiger partial charge on any atom is -0.380 e. The van der Waals surface area contributed by atoms with E-state index in [4.69, 9.17) is 4.74 Å². The van der Waals surface area contributed by atoms with Crippen molar-refractivity contribution >= 4 is 17.0 Å². The highest BCUT2D eigenvalue weighted by molar-refractivity contribution is 7.07. The molecule has 5 heteroatoms. The first kappa shape index (κ1) is 15.1. The second kappa shape index (κ2) is 6.23. The van der Waals surface area contributed by atoms with Crippen molar-refractivity contribution in [2.45, 2.75) is 31.0 Å². The van der Waals surface area contributed by atoms with Gasteiger partial charge in [0, 0.05) is 31.7 Å². The summed E-state index contributed by atoms with van der Waals surface area (Å²) >= 11 is 1.75. The number of ether oxygens (including phenoxy) is 1. The third kappa shape index (κ3) is 3.42. The van der Waals surface area contributed by atoms with Crippen LogP contribution >= 0.6 is 11.3 Å². The summed E-state index contributed by atoms with van der Waals surface area (Å²) in [4.78, 5) is 2.48. The molecule has 2 aliphatic rings. The summed E-state index contributed by atoms with van der Waals surface area (Å²) in [6.45, 7) is 3.78. The predicted molar refractivity (Wildman–Crippen MR) is 91.3 cm³/mol. The molecular weight excluding hydrogens is 311 g/mol. The van der Waals surface area contributed by atoms with Gasteiger partial charge in [-0.2, -0.15) is 11.3 Å². The zero-order valence-corrected chi connectivity index (χ0v) is 13.8. The molecule has 1 aromatic heterocycles. The van der Waals surface area contributed by atoms with Gasteiger partial charge in [-0.3, -0.25) is 4.90 Å². The number of nitrogens with zero attached hydrogens (tertiary/aromatic N) is 1. The molecule has 2 saturated heterocycles. The van der Waals surface area contributed by atoms with Crippen LogP contribution in [-0.2, 0) is 11.3 Å². The van der Waals surface area contributed by atoms with Crippen molar-refractivity contribution in [2.24, 2.45) is 0 Å². The SMILES string of the molecule is Fc1cccc(NC2COC3(CCN(Cc4ccsc4)C3)C2)c1. The van der Waals surface area contributed by atoms with E-state index < -0.39 is 0 Å². The lowest BCUT2D eigenvalue weighted by atomic mass is 9.97. The molecule has 1 N–H and O–H groups in total. The zero-order chi connectivity index (χ0) is 15.7. The van der Waals surface area contributed by atoms with Crippen molar-refractivity contribution in [3.63, 3.8) is 0 Å². The van der Waals surface area contributed by atoms with Crippen molar-refractivity contribution in [3.8, 4) is 0 Å². The molecule has 1 spiro atoms. The zero-order valence-electron chi connectivity index (χ0n) is 13.0. The molecule has 2 atom stereocenters. The number of anilines is 1. The summed E-state index contributed by atoms with van der Waals surface area (Å²) in [6, 6.07) is 9.12. The van der Waals surface area contributed by atoms with Gasteiger partial charge < -0.3 is 10.1 Å². The van der Waals surface area contributed by atoms with E-state index in [0.717, 1.165) is 38.2 Å². The van der Waals surface area contributed by atoms with Crippen LogP contribution in [0.3, 0.4) is 0 Å². The molecule has 1 aromatic carbocycles. The Morgan fingerprint density at radius 2 is 2.35 bits per heavy atom. The van der Waals surface area contributed by atoms with Gasteiger partial charge in [-0.15, -0.1) is 0 Å². The van der Waals surface area contributed by atoms with Crippen molar-refractivity contribution in [1.29, 1.82) is 0 Å². The molecule has 0 aliphatic carbocycles. The summed E-state index contributed by atoms with van der Waals surface area (Å²) in [5.74, 6) is -0.202. The Hall–Kier alpha value is -1.43. The summed E-state index contributed by atoms with van der Waals surface area (Å²) in [6.07, 6.45) is 2.07. The maximum absolute atomic E-state index is 13.3. The third-order valence-corrected chi connectivity index (χ3v) is 5.52. The highest BCUT2D eigenvalue weighted by Gasteiger charge is 2.45. The molecule has 0 bridgehead atoms. The molecule has 0 amide bonds. The molecule has 4 rings (SSSR count). The van der Waals surface area contributed by atoms with E-state index in [9.17, 15) is 4.39 Å². The number of benzene rings is 1. The Kier molecular flexibility index (Phi) is 4.09. The summed E-state index contributed by atoms with van der Waals surface area (Å²) in [5.41, 5.74) is 2.20. The molecule has 2 unspecified atom stereocenters. The van der Waals surface area contributed by atoms with Crippen molar-refractivity contribution in [2.75, 3.05) is 25.0 Å². The minimum absolute atomic E-state index is 0.0268. The summed E-state index contributed by atoms with van der Waals surface area (Å²) in [5, 5.41) is 7.76. The first-order valence-corrected chi connectivity index (χ1v) is 9.05. The van der Waals surface area contributed by atoms with Gasteiger partial charge in [0.15, 0.2) is 0 Å². The Labute approximate surface area is 140 Å². The molecule has 0 radical (unpaired) electrons. The van der Waals surface area contributed by atoms with Crippen LogP contribution in [0.5, 0.6) is 0 Å². The quantitative estimate of drug-likeness (QED) is 0.923. The number of rotatable bonds is 4. The van der Waals surface area contributed by atoms with Crippen LogP contribution < -0.4 is 5.32 Å². The van der Waals surface area contributed by atoms with Gasteiger partial charge in [0.05, 0.1) is 18.2 Å².